The largest absolute Gasteiger partial charge is 0.369 e. The number of nitrogens with two attached hydrogens (primary N) is 1. The van der Waals surface area contributed by atoms with E-state index in [1.807, 2.05) is 13.8 Å². The summed E-state index contributed by atoms with van der Waals surface area (Å²) in [5, 5.41) is 0. The van der Waals surface area contributed by atoms with E-state index < -0.39 is 0 Å². The molecule has 0 aromatic heterocycles. The monoisotopic (exact) mass is 239 g/mol. The van der Waals surface area contributed by atoms with Crippen LogP contribution in [0.1, 0.15) is 45.3 Å². The Labute approximate surface area is 103 Å². The molecular formula is C14H22FNO. The van der Waals surface area contributed by atoms with E-state index in [1.165, 1.54) is 12.1 Å². The van der Waals surface area contributed by atoms with Crippen molar-refractivity contribution in [2.75, 3.05) is 0 Å². The highest BCUT2D eigenvalue weighted by atomic mass is 19.1. The molecule has 3 unspecified atom stereocenters. The van der Waals surface area contributed by atoms with Crippen LogP contribution in [0.5, 0.6) is 0 Å². The lowest BCUT2D eigenvalue weighted by Crippen LogP contribution is -2.29. The predicted octanol–water partition coefficient (Wildman–Crippen LogP) is 3.42. The predicted molar refractivity (Wildman–Crippen MR) is 68.2 cm³/mol. The summed E-state index contributed by atoms with van der Waals surface area (Å²) in [5.41, 5.74) is 6.87. The van der Waals surface area contributed by atoms with Crippen molar-refractivity contribution in [2.45, 2.75) is 51.9 Å². The van der Waals surface area contributed by atoms with Gasteiger partial charge in [0.1, 0.15) is 5.82 Å². The van der Waals surface area contributed by atoms with Crippen LogP contribution in [-0.2, 0) is 4.74 Å². The van der Waals surface area contributed by atoms with Crippen LogP contribution >= 0.6 is 0 Å². The third kappa shape index (κ3) is 4.44. The first-order chi connectivity index (χ1) is 8.04. The fourth-order valence-electron chi connectivity index (χ4n) is 1.88. The second kappa shape index (κ2) is 6.72. The maximum atomic E-state index is 12.9. The smallest absolute Gasteiger partial charge is 0.123 e. The molecule has 0 fully saturated rings. The Balaban J connectivity index is 2.75. The Morgan fingerprint density at radius 3 is 2.29 bits per heavy atom. The Morgan fingerprint density at radius 1 is 1.24 bits per heavy atom. The molecule has 0 bridgehead atoms. The van der Waals surface area contributed by atoms with Crippen molar-refractivity contribution < 1.29 is 9.13 Å². The van der Waals surface area contributed by atoms with Gasteiger partial charge in [-0.05, 0) is 38.0 Å². The lowest BCUT2D eigenvalue weighted by molar-refractivity contribution is -0.0187. The van der Waals surface area contributed by atoms with Crippen LogP contribution in [0.15, 0.2) is 24.3 Å². The van der Waals surface area contributed by atoms with E-state index in [2.05, 4.69) is 6.92 Å². The summed E-state index contributed by atoms with van der Waals surface area (Å²) in [6.45, 7) is 6.08. The molecule has 0 spiro atoms. The molecule has 2 nitrogen and oxygen atoms in total. The van der Waals surface area contributed by atoms with Crippen LogP contribution in [0.2, 0.25) is 0 Å². The molecule has 0 heterocycles. The van der Waals surface area contributed by atoms with Gasteiger partial charge in [-0.1, -0.05) is 25.5 Å². The van der Waals surface area contributed by atoms with E-state index in [1.54, 1.807) is 12.1 Å². The summed E-state index contributed by atoms with van der Waals surface area (Å²) in [4.78, 5) is 0. The molecule has 1 aromatic carbocycles. The van der Waals surface area contributed by atoms with Crippen molar-refractivity contribution in [1.29, 1.82) is 0 Å². The number of ether oxygens (including phenoxy) is 1. The van der Waals surface area contributed by atoms with E-state index in [4.69, 9.17) is 10.5 Å². The van der Waals surface area contributed by atoms with Crippen LogP contribution in [-0.4, -0.2) is 12.1 Å². The number of benzene rings is 1. The SMILES string of the molecule is CCCC(C)OC(c1ccc(F)cc1)C(C)N. The second-order valence-electron chi connectivity index (χ2n) is 4.57. The molecule has 0 aliphatic carbocycles. The fraction of sp³-hybridized carbons (Fsp3) is 0.571. The van der Waals surface area contributed by atoms with Gasteiger partial charge in [0.25, 0.3) is 0 Å². The van der Waals surface area contributed by atoms with E-state index in [9.17, 15) is 4.39 Å². The van der Waals surface area contributed by atoms with Gasteiger partial charge in [-0.25, -0.2) is 4.39 Å². The molecule has 1 aromatic rings. The Bertz CT molecular complexity index is 323. The third-order valence-electron chi connectivity index (χ3n) is 2.75. The van der Waals surface area contributed by atoms with E-state index in [-0.39, 0.29) is 24.1 Å². The molecule has 17 heavy (non-hydrogen) atoms. The first-order valence-electron chi connectivity index (χ1n) is 6.21. The minimum Gasteiger partial charge on any atom is -0.369 e. The zero-order valence-corrected chi connectivity index (χ0v) is 10.8. The average Bonchev–Trinajstić information content (AvgIpc) is 2.27. The molecule has 2 N–H and O–H groups in total. The van der Waals surface area contributed by atoms with Crippen LogP contribution in [0, 0.1) is 5.82 Å². The van der Waals surface area contributed by atoms with Gasteiger partial charge in [0, 0.05) is 6.04 Å². The molecule has 1 rings (SSSR count). The highest BCUT2D eigenvalue weighted by molar-refractivity contribution is 5.20. The molecule has 0 aliphatic rings. The van der Waals surface area contributed by atoms with E-state index >= 15 is 0 Å². The molecule has 0 aliphatic heterocycles. The number of hydrogen-bond acceptors (Lipinski definition) is 2. The lowest BCUT2D eigenvalue weighted by Gasteiger charge is -2.25. The molecule has 0 saturated carbocycles. The summed E-state index contributed by atoms with van der Waals surface area (Å²) < 4.78 is 18.8. The molecule has 3 atom stereocenters. The quantitative estimate of drug-likeness (QED) is 0.825. The first kappa shape index (κ1) is 14.1. The topological polar surface area (TPSA) is 35.2 Å². The molecule has 0 amide bonds. The normalized spacial score (nSPS) is 16.5. The number of hydrogen-bond donors (Lipinski definition) is 1. The summed E-state index contributed by atoms with van der Waals surface area (Å²) in [7, 11) is 0. The zero-order chi connectivity index (χ0) is 12.8. The first-order valence-corrected chi connectivity index (χ1v) is 6.21. The standard InChI is InChI=1S/C14H22FNO/c1-4-5-10(2)17-14(11(3)16)12-6-8-13(15)9-7-12/h6-11,14H,4-5,16H2,1-3H3. The summed E-state index contributed by atoms with van der Waals surface area (Å²) in [6.07, 6.45) is 2.08. The van der Waals surface area contributed by atoms with Gasteiger partial charge in [-0.2, -0.15) is 0 Å². The lowest BCUT2D eigenvalue weighted by atomic mass is 10.0. The summed E-state index contributed by atoms with van der Waals surface area (Å²) in [5.74, 6) is -0.237. The van der Waals surface area contributed by atoms with Gasteiger partial charge in [0.05, 0.1) is 12.2 Å². The van der Waals surface area contributed by atoms with Gasteiger partial charge in [-0.3, -0.25) is 0 Å². The van der Waals surface area contributed by atoms with Crippen molar-refractivity contribution >= 4 is 0 Å². The zero-order valence-electron chi connectivity index (χ0n) is 10.8. The van der Waals surface area contributed by atoms with Crippen molar-refractivity contribution in [2.24, 2.45) is 5.73 Å². The second-order valence-corrected chi connectivity index (χ2v) is 4.57. The minimum atomic E-state index is -0.237. The Morgan fingerprint density at radius 2 is 1.82 bits per heavy atom. The van der Waals surface area contributed by atoms with Gasteiger partial charge in [0.15, 0.2) is 0 Å². The average molecular weight is 239 g/mol. The number of halogens is 1. The van der Waals surface area contributed by atoms with Crippen LogP contribution < -0.4 is 5.73 Å². The molecule has 0 saturated heterocycles. The van der Waals surface area contributed by atoms with Crippen molar-refractivity contribution in [1.82, 2.24) is 0 Å². The molecular weight excluding hydrogens is 217 g/mol. The van der Waals surface area contributed by atoms with Crippen LogP contribution in [0.25, 0.3) is 0 Å². The summed E-state index contributed by atoms with van der Waals surface area (Å²) in [6, 6.07) is 6.25. The van der Waals surface area contributed by atoms with Crippen LogP contribution in [0.3, 0.4) is 0 Å². The summed E-state index contributed by atoms with van der Waals surface area (Å²) >= 11 is 0. The van der Waals surface area contributed by atoms with Gasteiger partial charge in [0.2, 0.25) is 0 Å². The van der Waals surface area contributed by atoms with E-state index in [0.717, 1.165) is 18.4 Å². The molecule has 3 heteroatoms. The van der Waals surface area contributed by atoms with Crippen molar-refractivity contribution in [3.8, 4) is 0 Å². The highest BCUT2D eigenvalue weighted by Gasteiger charge is 2.19. The minimum absolute atomic E-state index is 0.111. The highest BCUT2D eigenvalue weighted by Crippen LogP contribution is 2.23. The fourth-order valence-corrected chi connectivity index (χ4v) is 1.88. The van der Waals surface area contributed by atoms with Crippen molar-refractivity contribution in [3.05, 3.63) is 35.6 Å². The Hall–Kier alpha value is -0.930. The molecule has 96 valence electrons. The van der Waals surface area contributed by atoms with Gasteiger partial charge in [-0.15, -0.1) is 0 Å². The maximum Gasteiger partial charge on any atom is 0.123 e. The maximum absolute atomic E-state index is 12.9. The van der Waals surface area contributed by atoms with Gasteiger partial charge >= 0.3 is 0 Å². The third-order valence-corrected chi connectivity index (χ3v) is 2.75. The van der Waals surface area contributed by atoms with E-state index in [0.29, 0.717) is 0 Å². The molecule has 0 radical (unpaired) electrons. The van der Waals surface area contributed by atoms with Crippen LogP contribution in [0.4, 0.5) is 4.39 Å². The Kier molecular flexibility index (Phi) is 5.59. The van der Waals surface area contributed by atoms with Crippen molar-refractivity contribution in [3.63, 3.8) is 0 Å². The van der Waals surface area contributed by atoms with Gasteiger partial charge < -0.3 is 10.5 Å². The number of rotatable bonds is 6.